The van der Waals surface area contributed by atoms with Crippen LogP contribution >= 0.6 is 0 Å². The number of hydrogen-bond acceptors (Lipinski definition) is 3. The molecule has 4 rings (SSSR count). The number of aliphatic hydroxyl groups is 1. The summed E-state index contributed by atoms with van der Waals surface area (Å²) in [6.45, 7) is 5.65. The molecule has 0 bridgehead atoms. The quantitative estimate of drug-likeness (QED) is 0.699. The average Bonchev–Trinajstić information content (AvgIpc) is 2.94. The maximum atomic E-state index is 13.4. The third-order valence-corrected chi connectivity index (χ3v) is 5.76. The van der Waals surface area contributed by atoms with Gasteiger partial charge in [-0.1, -0.05) is 60.2 Å². The maximum Gasteiger partial charge on any atom is 0.268 e. The molecule has 152 valence electrons. The lowest BCUT2D eigenvalue weighted by molar-refractivity contribution is -0.133. The minimum atomic E-state index is -1.82. The highest BCUT2D eigenvalue weighted by atomic mass is 16.3. The van der Waals surface area contributed by atoms with E-state index in [-0.39, 0.29) is 12.5 Å². The molecule has 0 fully saturated rings. The van der Waals surface area contributed by atoms with Crippen molar-refractivity contribution >= 4 is 23.2 Å². The Kier molecular flexibility index (Phi) is 4.92. The molecule has 3 aromatic carbocycles. The van der Waals surface area contributed by atoms with Gasteiger partial charge in [0, 0.05) is 11.3 Å². The number of nitrogens with one attached hydrogen (secondary N) is 1. The highest BCUT2D eigenvalue weighted by Gasteiger charge is 2.51. The Hall–Kier alpha value is -3.44. The van der Waals surface area contributed by atoms with Crippen LogP contribution in [0.5, 0.6) is 0 Å². The van der Waals surface area contributed by atoms with Crippen LogP contribution in [-0.2, 0) is 15.2 Å². The Balaban J connectivity index is 1.67. The van der Waals surface area contributed by atoms with Crippen LogP contribution in [0.3, 0.4) is 0 Å². The van der Waals surface area contributed by atoms with Crippen LogP contribution in [-0.4, -0.2) is 23.5 Å². The number of para-hydroxylation sites is 1. The number of rotatable bonds is 4. The Morgan fingerprint density at radius 1 is 1.00 bits per heavy atom. The molecule has 2 N–H and O–H groups in total. The van der Waals surface area contributed by atoms with Crippen molar-refractivity contribution in [3.05, 3.63) is 94.5 Å². The number of benzene rings is 3. The van der Waals surface area contributed by atoms with Crippen LogP contribution in [0.1, 0.15) is 27.8 Å². The van der Waals surface area contributed by atoms with E-state index < -0.39 is 11.5 Å². The molecular formula is C25H24N2O3. The minimum absolute atomic E-state index is 0.183. The number of nitrogens with zero attached hydrogens (tertiary/aromatic N) is 1. The minimum Gasteiger partial charge on any atom is -0.372 e. The van der Waals surface area contributed by atoms with E-state index in [1.807, 2.05) is 51.1 Å². The van der Waals surface area contributed by atoms with Crippen molar-refractivity contribution in [2.24, 2.45) is 0 Å². The van der Waals surface area contributed by atoms with Gasteiger partial charge < -0.3 is 10.4 Å². The first-order valence-electron chi connectivity index (χ1n) is 9.89. The van der Waals surface area contributed by atoms with E-state index in [4.69, 9.17) is 0 Å². The van der Waals surface area contributed by atoms with Crippen molar-refractivity contribution in [2.45, 2.75) is 26.4 Å². The van der Waals surface area contributed by atoms with Gasteiger partial charge in [0.05, 0.1) is 5.69 Å². The van der Waals surface area contributed by atoms with Gasteiger partial charge in [-0.2, -0.15) is 0 Å². The van der Waals surface area contributed by atoms with E-state index in [1.54, 1.807) is 36.4 Å². The van der Waals surface area contributed by atoms with E-state index in [9.17, 15) is 14.7 Å². The molecule has 0 saturated carbocycles. The smallest absolute Gasteiger partial charge is 0.268 e. The summed E-state index contributed by atoms with van der Waals surface area (Å²) in [6.07, 6.45) is 0. The SMILES string of the molecule is Cc1cccc([C@]2(O)C(=O)N(CC(=O)Nc3cccc(C)c3C)c3ccccc32)c1. The van der Waals surface area contributed by atoms with Crippen molar-refractivity contribution in [3.8, 4) is 0 Å². The summed E-state index contributed by atoms with van der Waals surface area (Å²) in [5.41, 5.74) is 3.42. The number of fused-ring (bicyclic) bond motifs is 1. The van der Waals surface area contributed by atoms with Crippen LogP contribution in [0.2, 0.25) is 0 Å². The zero-order chi connectivity index (χ0) is 21.5. The first kappa shape index (κ1) is 19.9. The van der Waals surface area contributed by atoms with Crippen LogP contribution in [0.15, 0.2) is 66.7 Å². The topological polar surface area (TPSA) is 69.6 Å². The zero-order valence-electron chi connectivity index (χ0n) is 17.3. The Morgan fingerprint density at radius 3 is 2.50 bits per heavy atom. The zero-order valence-corrected chi connectivity index (χ0v) is 17.3. The fourth-order valence-electron chi connectivity index (χ4n) is 3.96. The summed E-state index contributed by atoms with van der Waals surface area (Å²) in [6, 6.07) is 20.0. The summed E-state index contributed by atoms with van der Waals surface area (Å²) in [7, 11) is 0. The van der Waals surface area contributed by atoms with Gasteiger partial charge in [-0.3, -0.25) is 14.5 Å². The number of hydrogen-bond donors (Lipinski definition) is 2. The molecule has 0 aromatic heterocycles. The number of carbonyl (C=O) groups is 2. The van der Waals surface area contributed by atoms with Crippen molar-refractivity contribution in [2.75, 3.05) is 16.8 Å². The van der Waals surface area contributed by atoms with Gasteiger partial charge in [0.2, 0.25) is 5.91 Å². The Morgan fingerprint density at radius 2 is 1.73 bits per heavy atom. The van der Waals surface area contributed by atoms with Crippen molar-refractivity contribution in [1.82, 2.24) is 0 Å². The number of aryl methyl sites for hydroxylation is 2. The van der Waals surface area contributed by atoms with Crippen molar-refractivity contribution < 1.29 is 14.7 Å². The molecule has 3 aromatic rings. The molecule has 2 amide bonds. The molecule has 1 atom stereocenters. The third-order valence-electron chi connectivity index (χ3n) is 5.76. The van der Waals surface area contributed by atoms with Gasteiger partial charge in [0.25, 0.3) is 5.91 Å². The predicted octanol–water partition coefficient (Wildman–Crippen LogP) is 3.83. The molecule has 1 aliphatic rings. The maximum absolute atomic E-state index is 13.4. The highest BCUT2D eigenvalue weighted by Crippen LogP contribution is 2.44. The van der Waals surface area contributed by atoms with Crippen LogP contribution in [0.4, 0.5) is 11.4 Å². The lowest BCUT2D eigenvalue weighted by Crippen LogP contribution is -2.44. The monoisotopic (exact) mass is 400 g/mol. The number of carbonyl (C=O) groups excluding carboxylic acids is 2. The molecule has 5 nitrogen and oxygen atoms in total. The second-order valence-electron chi connectivity index (χ2n) is 7.78. The van der Waals surface area contributed by atoms with E-state index in [1.165, 1.54) is 4.90 Å². The van der Waals surface area contributed by atoms with Crippen molar-refractivity contribution in [1.29, 1.82) is 0 Å². The molecule has 0 unspecified atom stereocenters. The lowest BCUT2D eigenvalue weighted by Gasteiger charge is -2.24. The van der Waals surface area contributed by atoms with Crippen molar-refractivity contribution in [3.63, 3.8) is 0 Å². The second kappa shape index (κ2) is 7.43. The molecule has 30 heavy (non-hydrogen) atoms. The summed E-state index contributed by atoms with van der Waals surface area (Å²) < 4.78 is 0. The first-order valence-corrected chi connectivity index (χ1v) is 9.89. The number of amides is 2. The van der Waals surface area contributed by atoms with Gasteiger partial charge in [-0.15, -0.1) is 0 Å². The van der Waals surface area contributed by atoms with E-state index in [0.717, 1.165) is 16.7 Å². The summed E-state index contributed by atoms with van der Waals surface area (Å²) in [4.78, 5) is 27.6. The number of anilines is 2. The Labute approximate surface area is 176 Å². The van der Waals surface area contributed by atoms with Gasteiger partial charge in [-0.05, 0) is 49.6 Å². The van der Waals surface area contributed by atoms with E-state index in [2.05, 4.69) is 5.32 Å². The third kappa shape index (κ3) is 3.17. The summed E-state index contributed by atoms with van der Waals surface area (Å²) in [5, 5.41) is 14.4. The average molecular weight is 400 g/mol. The fraction of sp³-hybridized carbons (Fsp3) is 0.200. The van der Waals surface area contributed by atoms with Gasteiger partial charge in [-0.25, -0.2) is 0 Å². The van der Waals surface area contributed by atoms with E-state index >= 15 is 0 Å². The molecule has 0 aliphatic carbocycles. The molecule has 5 heteroatoms. The van der Waals surface area contributed by atoms with Crippen LogP contribution in [0, 0.1) is 20.8 Å². The summed E-state index contributed by atoms with van der Waals surface area (Å²) >= 11 is 0. The lowest BCUT2D eigenvalue weighted by atomic mass is 9.87. The molecule has 0 saturated heterocycles. The van der Waals surface area contributed by atoms with Crippen LogP contribution < -0.4 is 10.2 Å². The molecule has 0 radical (unpaired) electrons. The van der Waals surface area contributed by atoms with Gasteiger partial charge >= 0.3 is 0 Å². The predicted molar refractivity (Wildman–Crippen MR) is 118 cm³/mol. The molecular weight excluding hydrogens is 376 g/mol. The first-order chi connectivity index (χ1) is 14.3. The van der Waals surface area contributed by atoms with Gasteiger partial charge in [0.15, 0.2) is 5.60 Å². The fourth-order valence-corrected chi connectivity index (χ4v) is 3.96. The summed E-state index contributed by atoms with van der Waals surface area (Å²) in [5.74, 6) is -0.842. The normalized spacial score (nSPS) is 17.7. The standard InChI is InChI=1S/C25H24N2O3/c1-16-8-6-10-19(14-16)25(30)20-11-4-5-13-22(20)27(24(25)29)15-23(28)26-21-12-7-9-17(2)18(21)3/h4-14,30H,15H2,1-3H3,(H,26,28)/t25-/m1/s1. The molecule has 1 aliphatic heterocycles. The van der Waals surface area contributed by atoms with Crippen LogP contribution in [0.25, 0.3) is 0 Å². The Bertz CT molecular complexity index is 1150. The molecule has 0 spiro atoms. The second-order valence-corrected chi connectivity index (χ2v) is 7.78. The highest BCUT2D eigenvalue weighted by molar-refractivity contribution is 6.12. The van der Waals surface area contributed by atoms with E-state index in [0.29, 0.717) is 22.5 Å². The molecule has 1 heterocycles. The largest absolute Gasteiger partial charge is 0.372 e. The van der Waals surface area contributed by atoms with Gasteiger partial charge in [0.1, 0.15) is 6.54 Å².